The second kappa shape index (κ2) is 6.84. The molecule has 0 unspecified atom stereocenters. The minimum absolute atomic E-state index is 0.0327. The van der Waals surface area contributed by atoms with Crippen molar-refractivity contribution in [1.29, 1.82) is 0 Å². The van der Waals surface area contributed by atoms with E-state index in [-0.39, 0.29) is 17.9 Å². The molecule has 26 heavy (non-hydrogen) atoms. The van der Waals surface area contributed by atoms with Gasteiger partial charge in [-0.1, -0.05) is 34.1 Å². The molecule has 1 aliphatic heterocycles. The monoisotopic (exact) mass is 415 g/mol. The molecule has 0 spiro atoms. The summed E-state index contributed by atoms with van der Waals surface area (Å²) in [5.74, 6) is 0.663. The fourth-order valence-corrected chi connectivity index (χ4v) is 3.20. The molecule has 0 saturated carbocycles. The van der Waals surface area contributed by atoms with Crippen LogP contribution in [0.1, 0.15) is 16.1 Å². The van der Waals surface area contributed by atoms with Crippen LogP contribution < -0.4 is 15.0 Å². The van der Waals surface area contributed by atoms with Gasteiger partial charge in [0.25, 0.3) is 5.56 Å². The average Bonchev–Trinajstić information content (AvgIpc) is 2.66. The van der Waals surface area contributed by atoms with Crippen LogP contribution in [0.25, 0.3) is 10.8 Å². The number of fused-ring (bicyclic) bond motifs is 2. The van der Waals surface area contributed by atoms with Gasteiger partial charge in [-0.3, -0.25) is 4.79 Å². The van der Waals surface area contributed by atoms with Gasteiger partial charge in [0.2, 0.25) is 0 Å². The molecule has 3 aromatic rings. The Hall–Kier alpha value is -2.80. The number of halogens is 1. The largest absolute Gasteiger partial charge is 0.486 e. The summed E-state index contributed by atoms with van der Waals surface area (Å²) < 4.78 is 17.2. The predicted octanol–water partition coefficient (Wildman–Crippen LogP) is 3.42. The highest BCUT2D eigenvalue weighted by atomic mass is 79.9. The number of ether oxygens (including phenoxy) is 3. The van der Waals surface area contributed by atoms with Gasteiger partial charge in [0.15, 0.2) is 11.5 Å². The second-order valence-electron chi connectivity index (χ2n) is 5.76. The van der Waals surface area contributed by atoms with Gasteiger partial charge in [-0.05, 0) is 29.7 Å². The number of carbonyl (C=O) groups excluding carboxylic acids is 1. The van der Waals surface area contributed by atoms with Crippen LogP contribution in [0.5, 0.6) is 11.5 Å². The van der Waals surface area contributed by atoms with Crippen molar-refractivity contribution in [3.63, 3.8) is 0 Å². The SMILES string of the molecule is O=C(OCc1cc2c(cc1Br)OCCO2)c1cc2ccccc2c(=O)[nH]1. The van der Waals surface area contributed by atoms with Gasteiger partial charge in [0.1, 0.15) is 25.5 Å². The minimum Gasteiger partial charge on any atom is -0.486 e. The molecule has 1 aliphatic rings. The Balaban J connectivity index is 1.55. The molecule has 2 aromatic carbocycles. The van der Waals surface area contributed by atoms with E-state index in [4.69, 9.17) is 14.2 Å². The molecule has 0 aliphatic carbocycles. The van der Waals surface area contributed by atoms with Crippen molar-refractivity contribution in [2.75, 3.05) is 13.2 Å². The molecule has 4 rings (SSSR count). The molecule has 1 aromatic heterocycles. The van der Waals surface area contributed by atoms with Crippen LogP contribution in [0, 0.1) is 0 Å². The number of hydrogen-bond acceptors (Lipinski definition) is 5. The molecular formula is C19H14BrNO5. The summed E-state index contributed by atoms with van der Waals surface area (Å²) >= 11 is 3.44. The van der Waals surface area contributed by atoms with E-state index in [1.54, 1.807) is 36.4 Å². The zero-order valence-electron chi connectivity index (χ0n) is 13.6. The molecule has 132 valence electrons. The van der Waals surface area contributed by atoms with Gasteiger partial charge >= 0.3 is 5.97 Å². The number of esters is 1. The highest BCUT2D eigenvalue weighted by Crippen LogP contribution is 2.35. The summed E-state index contributed by atoms with van der Waals surface area (Å²) in [4.78, 5) is 27.0. The maximum atomic E-state index is 12.4. The normalized spacial score (nSPS) is 12.8. The number of aromatic amines is 1. The molecule has 0 bridgehead atoms. The molecule has 0 fully saturated rings. The number of nitrogens with one attached hydrogen (secondary N) is 1. The Bertz CT molecular complexity index is 1060. The first-order chi connectivity index (χ1) is 12.6. The molecule has 0 radical (unpaired) electrons. The Morgan fingerprint density at radius 3 is 2.65 bits per heavy atom. The summed E-state index contributed by atoms with van der Waals surface area (Å²) in [6.45, 7) is 1.01. The van der Waals surface area contributed by atoms with Crippen LogP contribution in [-0.4, -0.2) is 24.2 Å². The Kier molecular flexibility index (Phi) is 4.38. The third kappa shape index (κ3) is 3.17. The van der Waals surface area contributed by atoms with E-state index in [0.29, 0.717) is 35.5 Å². The lowest BCUT2D eigenvalue weighted by Gasteiger charge is -2.19. The molecule has 6 nitrogen and oxygen atoms in total. The van der Waals surface area contributed by atoms with E-state index in [1.165, 1.54) is 0 Å². The van der Waals surface area contributed by atoms with E-state index in [1.807, 2.05) is 6.07 Å². The lowest BCUT2D eigenvalue weighted by atomic mass is 10.1. The molecular weight excluding hydrogens is 402 g/mol. The lowest BCUT2D eigenvalue weighted by Crippen LogP contribution is -2.16. The third-order valence-corrected chi connectivity index (χ3v) is 4.78. The minimum atomic E-state index is -0.602. The van der Waals surface area contributed by atoms with Gasteiger partial charge in [0.05, 0.1) is 0 Å². The van der Waals surface area contributed by atoms with Crippen LogP contribution in [-0.2, 0) is 11.3 Å². The first-order valence-electron chi connectivity index (χ1n) is 7.99. The van der Waals surface area contributed by atoms with Crippen molar-refractivity contribution < 1.29 is 19.0 Å². The summed E-state index contributed by atoms with van der Waals surface area (Å²) in [5.41, 5.74) is 0.531. The fraction of sp³-hybridized carbons (Fsp3) is 0.158. The summed E-state index contributed by atoms with van der Waals surface area (Å²) in [7, 11) is 0. The lowest BCUT2D eigenvalue weighted by molar-refractivity contribution is 0.0464. The number of hydrogen-bond donors (Lipinski definition) is 1. The van der Waals surface area contributed by atoms with E-state index in [2.05, 4.69) is 20.9 Å². The Labute approximate surface area is 156 Å². The van der Waals surface area contributed by atoms with Gasteiger partial charge in [0, 0.05) is 15.4 Å². The van der Waals surface area contributed by atoms with Crippen LogP contribution in [0.4, 0.5) is 0 Å². The van der Waals surface area contributed by atoms with E-state index in [0.717, 1.165) is 10.0 Å². The topological polar surface area (TPSA) is 77.6 Å². The van der Waals surface area contributed by atoms with Gasteiger partial charge < -0.3 is 19.2 Å². The predicted molar refractivity (Wildman–Crippen MR) is 98.8 cm³/mol. The summed E-state index contributed by atoms with van der Waals surface area (Å²) in [6, 6.07) is 12.2. The quantitative estimate of drug-likeness (QED) is 0.663. The van der Waals surface area contributed by atoms with Crippen molar-refractivity contribution in [2.24, 2.45) is 0 Å². The van der Waals surface area contributed by atoms with Gasteiger partial charge in [-0.25, -0.2) is 4.79 Å². The van der Waals surface area contributed by atoms with Crippen molar-refractivity contribution in [3.05, 3.63) is 68.5 Å². The first kappa shape index (κ1) is 16.7. The molecule has 7 heteroatoms. The fourth-order valence-electron chi connectivity index (χ4n) is 2.76. The number of H-pyrrole nitrogens is 1. The zero-order chi connectivity index (χ0) is 18.1. The van der Waals surface area contributed by atoms with Crippen molar-refractivity contribution >= 4 is 32.7 Å². The maximum Gasteiger partial charge on any atom is 0.355 e. The van der Waals surface area contributed by atoms with Crippen molar-refractivity contribution in [3.8, 4) is 11.5 Å². The standard InChI is InChI=1S/C19H14BrNO5/c20-14-9-17-16(24-5-6-25-17)8-12(14)10-26-19(23)15-7-11-3-1-2-4-13(11)18(22)21-15/h1-4,7-9H,5-6,10H2,(H,21,22). The summed E-state index contributed by atoms with van der Waals surface area (Å²) in [5, 5.41) is 1.21. The number of carbonyl (C=O) groups is 1. The van der Waals surface area contributed by atoms with Crippen LogP contribution in [0.3, 0.4) is 0 Å². The average molecular weight is 416 g/mol. The number of rotatable bonds is 3. The van der Waals surface area contributed by atoms with Crippen molar-refractivity contribution in [2.45, 2.75) is 6.61 Å². The summed E-state index contributed by atoms with van der Waals surface area (Å²) in [6.07, 6.45) is 0. The number of aromatic nitrogens is 1. The maximum absolute atomic E-state index is 12.4. The van der Waals surface area contributed by atoms with Crippen LogP contribution >= 0.6 is 15.9 Å². The Morgan fingerprint density at radius 2 is 1.85 bits per heavy atom. The second-order valence-corrected chi connectivity index (χ2v) is 6.62. The molecule has 2 heterocycles. The van der Waals surface area contributed by atoms with E-state index in [9.17, 15) is 9.59 Å². The van der Waals surface area contributed by atoms with Crippen molar-refractivity contribution in [1.82, 2.24) is 4.98 Å². The van der Waals surface area contributed by atoms with E-state index < -0.39 is 5.97 Å². The van der Waals surface area contributed by atoms with Gasteiger partial charge in [-0.15, -0.1) is 0 Å². The first-order valence-corrected chi connectivity index (χ1v) is 8.78. The molecule has 0 atom stereocenters. The van der Waals surface area contributed by atoms with Crippen LogP contribution in [0.15, 0.2) is 51.7 Å². The molecule has 1 N–H and O–H groups in total. The molecule has 0 saturated heterocycles. The van der Waals surface area contributed by atoms with E-state index >= 15 is 0 Å². The third-order valence-electron chi connectivity index (χ3n) is 4.04. The van der Waals surface area contributed by atoms with Gasteiger partial charge in [-0.2, -0.15) is 0 Å². The number of benzene rings is 2. The molecule has 0 amide bonds. The smallest absolute Gasteiger partial charge is 0.355 e. The highest BCUT2D eigenvalue weighted by molar-refractivity contribution is 9.10. The zero-order valence-corrected chi connectivity index (χ0v) is 15.2. The van der Waals surface area contributed by atoms with Crippen LogP contribution in [0.2, 0.25) is 0 Å². The number of pyridine rings is 1. The highest BCUT2D eigenvalue weighted by Gasteiger charge is 2.17. The Morgan fingerprint density at radius 1 is 1.12 bits per heavy atom.